The second-order valence-corrected chi connectivity index (χ2v) is 7.70. The lowest BCUT2D eigenvalue weighted by Crippen LogP contribution is -2.58. The van der Waals surface area contributed by atoms with E-state index < -0.39 is 0 Å². The summed E-state index contributed by atoms with van der Waals surface area (Å²) in [5.74, 6) is 0.754. The van der Waals surface area contributed by atoms with Crippen LogP contribution in [-0.4, -0.2) is 50.7 Å². The Kier molecular flexibility index (Phi) is 4.04. The molecule has 1 fully saturated rings. The van der Waals surface area contributed by atoms with Gasteiger partial charge in [-0.2, -0.15) is 5.10 Å². The van der Waals surface area contributed by atoms with Gasteiger partial charge in [-0.15, -0.1) is 5.10 Å². The van der Waals surface area contributed by atoms with Crippen LogP contribution in [-0.2, 0) is 19.4 Å². The van der Waals surface area contributed by atoms with Crippen molar-refractivity contribution >= 4 is 11.5 Å². The molecule has 0 bridgehead atoms. The Morgan fingerprint density at radius 3 is 2.89 bits per heavy atom. The number of rotatable bonds is 4. The summed E-state index contributed by atoms with van der Waals surface area (Å²) in [4.78, 5) is 9.18. The van der Waals surface area contributed by atoms with E-state index in [2.05, 4.69) is 38.1 Å². The fourth-order valence-electron chi connectivity index (χ4n) is 4.03. The predicted molar refractivity (Wildman–Crippen MR) is 101 cm³/mol. The molecule has 0 atom stereocenters. The topological polar surface area (TPSA) is 49.6 Å². The van der Waals surface area contributed by atoms with Gasteiger partial charge in [0.15, 0.2) is 5.82 Å². The molecule has 5 rings (SSSR count). The zero-order chi connectivity index (χ0) is 18.4. The Morgan fingerprint density at radius 2 is 2.00 bits per heavy atom. The van der Waals surface area contributed by atoms with Crippen molar-refractivity contribution in [2.45, 2.75) is 38.3 Å². The Morgan fingerprint density at radius 1 is 1.15 bits per heavy atom. The highest BCUT2D eigenvalue weighted by Gasteiger charge is 2.32. The van der Waals surface area contributed by atoms with Crippen molar-refractivity contribution < 1.29 is 4.39 Å². The van der Waals surface area contributed by atoms with Gasteiger partial charge in [0.1, 0.15) is 11.5 Å². The van der Waals surface area contributed by atoms with Gasteiger partial charge in [0, 0.05) is 38.1 Å². The van der Waals surface area contributed by atoms with Crippen molar-refractivity contribution in [3.63, 3.8) is 0 Å². The molecule has 7 heteroatoms. The smallest absolute Gasteiger partial charge is 0.151 e. The Balaban J connectivity index is 1.22. The van der Waals surface area contributed by atoms with E-state index in [0.717, 1.165) is 49.6 Å². The third-order valence-electron chi connectivity index (χ3n) is 5.74. The van der Waals surface area contributed by atoms with Crippen LogP contribution < -0.4 is 4.90 Å². The maximum Gasteiger partial charge on any atom is 0.151 e. The SMILES string of the molecule is CN(Cc1cn2cc(F)ccc2n1)C1CN(c2cc3c(nn2)CCCC3)C1. The minimum absolute atomic E-state index is 0.249. The molecule has 0 unspecified atom stereocenters. The van der Waals surface area contributed by atoms with Gasteiger partial charge in [0.2, 0.25) is 0 Å². The molecule has 0 saturated carbocycles. The first-order chi connectivity index (χ1) is 13.2. The van der Waals surface area contributed by atoms with Gasteiger partial charge >= 0.3 is 0 Å². The van der Waals surface area contributed by atoms with Gasteiger partial charge in [0.25, 0.3) is 0 Å². The molecule has 6 nitrogen and oxygen atoms in total. The normalized spacial score (nSPS) is 17.4. The number of nitrogens with zero attached hydrogens (tertiary/aromatic N) is 6. The maximum absolute atomic E-state index is 13.3. The van der Waals surface area contributed by atoms with Crippen molar-refractivity contribution in [1.82, 2.24) is 24.5 Å². The number of likely N-dealkylation sites (N-methyl/N-ethyl adjacent to an activating group) is 1. The number of aryl methyl sites for hydroxylation is 2. The van der Waals surface area contributed by atoms with Crippen LogP contribution in [0.5, 0.6) is 0 Å². The number of halogens is 1. The van der Waals surface area contributed by atoms with E-state index in [1.54, 1.807) is 10.5 Å². The molecule has 0 aromatic carbocycles. The van der Waals surface area contributed by atoms with Crippen LogP contribution in [0.4, 0.5) is 10.2 Å². The molecule has 0 amide bonds. The molecule has 140 valence electrons. The van der Waals surface area contributed by atoms with E-state index in [4.69, 9.17) is 0 Å². The average molecular weight is 366 g/mol. The second-order valence-electron chi connectivity index (χ2n) is 7.70. The minimum Gasteiger partial charge on any atom is -0.352 e. The Labute approximate surface area is 157 Å². The zero-order valence-corrected chi connectivity index (χ0v) is 15.5. The van der Waals surface area contributed by atoms with Crippen LogP contribution in [0, 0.1) is 5.82 Å². The molecule has 0 spiro atoms. The number of anilines is 1. The molecule has 1 aliphatic heterocycles. The predicted octanol–water partition coefficient (Wildman–Crippen LogP) is 2.46. The first-order valence-corrected chi connectivity index (χ1v) is 9.59. The van der Waals surface area contributed by atoms with E-state index in [0.29, 0.717) is 6.04 Å². The summed E-state index contributed by atoms with van der Waals surface area (Å²) in [5.41, 5.74) is 4.29. The van der Waals surface area contributed by atoms with Gasteiger partial charge in [-0.25, -0.2) is 9.37 Å². The summed E-state index contributed by atoms with van der Waals surface area (Å²) in [6.07, 6.45) is 8.05. The fraction of sp³-hybridized carbons (Fsp3) is 0.450. The van der Waals surface area contributed by atoms with Crippen molar-refractivity contribution in [2.75, 3.05) is 25.0 Å². The van der Waals surface area contributed by atoms with E-state index in [9.17, 15) is 4.39 Å². The molecule has 2 aliphatic rings. The van der Waals surface area contributed by atoms with Gasteiger partial charge < -0.3 is 9.30 Å². The molecular weight excluding hydrogens is 343 g/mol. The number of hydrogen-bond donors (Lipinski definition) is 0. The summed E-state index contributed by atoms with van der Waals surface area (Å²) in [5, 5.41) is 8.88. The molecule has 3 aromatic heterocycles. The Hall–Kier alpha value is -2.54. The van der Waals surface area contributed by atoms with Gasteiger partial charge in [-0.05, 0) is 56.5 Å². The molecular formula is C20H23FN6. The summed E-state index contributed by atoms with van der Waals surface area (Å²) in [6, 6.07) is 5.84. The summed E-state index contributed by atoms with van der Waals surface area (Å²) in [7, 11) is 2.12. The van der Waals surface area contributed by atoms with Crippen LogP contribution >= 0.6 is 0 Å². The third-order valence-corrected chi connectivity index (χ3v) is 5.74. The maximum atomic E-state index is 13.3. The van der Waals surface area contributed by atoms with Crippen molar-refractivity contribution in [2.24, 2.45) is 0 Å². The number of hydrogen-bond acceptors (Lipinski definition) is 5. The minimum atomic E-state index is -0.249. The van der Waals surface area contributed by atoms with Crippen LogP contribution in [0.1, 0.15) is 29.8 Å². The summed E-state index contributed by atoms with van der Waals surface area (Å²) in [6.45, 7) is 2.65. The van der Waals surface area contributed by atoms with Gasteiger partial charge in [-0.1, -0.05) is 0 Å². The highest BCUT2D eigenvalue weighted by atomic mass is 19.1. The number of imidazole rings is 1. The standard InChI is InChI=1S/C20H23FN6/c1-25(10-16-11-26-9-15(21)6-7-19(26)22-16)17-12-27(13-17)20-8-14-4-2-3-5-18(14)23-24-20/h6-9,11,17H,2-5,10,12-13H2,1H3. The van der Waals surface area contributed by atoms with E-state index in [1.807, 2.05) is 6.20 Å². The van der Waals surface area contributed by atoms with E-state index in [1.165, 1.54) is 36.4 Å². The quantitative estimate of drug-likeness (QED) is 0.710. The second kappa shape index (κ2) is 6.56. The molecule has 4 heterocycles. The molecule has 27 heavy (non-hydrogen) atoms. The van der Waals surface area contributed by atoms with Crippen LogP contribution in [0.2, 0.25) is 0 Å². The lowest BCUT2D eigenvalue weighted by Gasteiger charge is -2.44. The lowest BCUT2D eigenvalue weighted by molar-refractivity contribution is 0.195. The first kappa shape index (κ1) is 16.6. The molecule has 3 aromatic rings. The third kappa shape index (κ3) is 3.16. The highest BCUT2D eigenvalue weighted by Crippen LogP contribution is 2.26. The lowest BCUT2D eigenvalue weighted by atomic mass is 9.96. The molecule has 0 N–H and O–H groups in total. The van der Waals surface area contributed by atoms with Gasteiger partial charge in [0.05, 0.1) is 11.4 Å². The summed E-state index contributed by atoms with van der Waals surface area (Å²) < 4.78 is 15.1. The zero-order valence-electron chi connectivity index (χ0n) is 15.5. The highest BCUT2D eigenvalue weighted by molar-refractivity contribution is 5.45. The molecule has 1 aliphatic carbocycles. The van der Waals surface area contributed by atoms with Crippen LogP contribution in [0.15, 0.2) is 30.6 Å². The van der Waals surface area contributed by atoms with Crippen molar-refractivity contribution in [3.8, 4) is 0 Å². The van der Waals surface area contributed by atoms with E-state index >= 15 is 0 Å². The van der Waals surface area contributed by atoms with Crippen molar-refractivity contribution in [3.05, 3.63) is 53.4 Å². The number of pyridine rings is 1. The molecule has 0 radical (unpaired) electrons. The monoisotopic (exact) mass is 366 g/mol. The number of fused-ring (bicyclic) bond motifs is 2. The summed E-state index contributed by atoms with van der Waals surface area (Å²) >= 11 is 0. The number of aromatic nitrogens is 4. The average Bonchev–Trinajstić information content (AvgIpc) is 3.01. The van der Waals surface area contributed by atoms with E-state index in [-0.39, 0.29) is 5.82 Å². The van der Waals surface area contributed by atoms with Crippen LogP contribution in [0.3, 0.4) is 0 Å². The Bertz CT molecular complexity index is 978. The molecule has 1 saturated heterocycles. The van der Waals surface area contributed by atoms with Crippen LogP contribution in [0.25, 0.3) is 5.65 Å². The largest absolute Gasteiger partial charge is 0.352 e. The first-order valence-electron chi connectivity index (χ1n) is 9.59. The fourth-order valence-corrected chi connectivity index (χ4v) is 4.03. The van der Waals surface area contributed by atoms with Crippen molar-refractivity contribution in [1.29, 1.82) is 0 Å². The van der Waals surface area contributed by atoms with Gasteiger partial charge in [-0.3, -0.25) is 4.90 Å².